The third-order valence-corrected chi connectivity index (χ3v) is 2.68. The summed E-state index contributed by atoms with van der Waals surface area (Å²) in [5.74, 6) is 1.82. The van der Waals surface area contributed by atoms with Crippen LogP contribution in [0.25, 0.3) is 0 Å². The standard InChI is InChI=1S/C12H19ClN2/c1-11-6-7-12(14-10-11)15(2)9-5-3-4-8-13/h6-7,10H,3-5,8-9H2,1-2H3. The molecule has 1 rings (SSSR count). The SMILES string of the molecule is Cc1ccc(N(C)CCCCCCl)nc1. The maximum atomic E-state index is 5.63. The predicted molar refractivity (Wildman–Crippen MR) is 66.8 cm³/mol. The summed E-state index contributed by atoms with van der Waals surface area (Å²) in [6.45, 7) is 3.10. The van der Waals surface area contributed by atoms with E-state index in [1.165, 1.54) is 18.4 Å². The smallest absolute Gasteiger partial charge is 0.128 e. The van der Waals surface area contributed by atoms with Gasteiger partial charge >= 0.3 is 0 Å². The van der Waals surface area contributed by atoms with E-state index in [9.17, 15) is 0 Å². The number of aryl methyl sites for hydroxylation is 1. The van der Waals surface area contributed by atoms with Gasteiger partial charge in [0.25, 0.3) is 0 Å². The van der Waals surface area contributed by atoms with Gasteiger partial charge in [-0.2, -0.15) is 0 Å². The summed E-state index contributed by atoms with van der Waals surface area (Å²) in [6.07, 6.45) is 5.39. The van der Waals surface area contributed by atoms with Crippen LogP contribution in [0.3, 0.4) is 0 Å². The molecule has 0 saturated carbocycles. The zero-order valence-electron chi connectivity index (χ0n) is 9.54. The number of anilines is 1. The van der Waals surface area contributed by atoms with Crippen LogP contribution in [-0.4, -0.2) is 24.5 Å². The van der Waals surface area contributed by atoms with Crippen LogP contribution in [0.15, 0.2) is 18.3 Å². The molecule has 0 aliphatic rings. The molecule has 84 valence electrons. The highest BCUT2D eigenvalue weighted by molar-refractivity contribution is 6.17. The second-order valence-corrected chi connectivity index (χ2v) is 4.24. The second kappa shape index (κ2) is 6.67. The van der Waals surface area contributed by atoms with E-state index in [2.05, 4.69) is 36.0 Å². The summed E-state index contributed by atoms with van der Waals surface area (Å²) in [4.78, 5) is 6.57. The van der Waals surface area contributed by atoms with Crippen molar-refractivity contribution in [1.29, 1.82) is 0 Å². The van der Waals surface area contributed by atoms with Gasteiger partial charge in [-0.1, -0.05) is 12.5 Å². The molecule has 0 aliphatic heterocycles. The van der Waals surface area contributed by atoms with Crippen molar-refractivity contribution >= 4 is 17.4 Å². The van der Waals surface area contributed by atoms with Crippen molar-refractivity contribution in [2.75, 3.05) is 24.4 Å². The molecule has 15 heavy (non-hydrogen) atoms. The summed E-state index contributed by atoms with van der Waals surface area (Å²) in [7, 11) is 2.08. The quantitative estimate of drug-likeness (QED) is 0.547. The van der Waals surface area contributed by atoms with E-state index in [0.29, 0.717) is 0 Å². The minimum Gasteiger partial charge on any atom is -0.360 e. The van der Waals surface area contributed by atoms with Crippen molar-refractivity contribution in [3.63, 3.8) is 0 Å². The Morgan fingerprint density at radius 2 is 2.07 bits per heavy atom. The van der Waals surface area contributed by atoms with Crippen LogP contribution in [0, 0.1) is 6.92 Å². The Bertz CT molecular complexity index is 271. The first-order valence-electron chi connectivity index (χ1n) is 5.44. The van der Waals surface area contributed by atoms with Crippen molar-refractivity contribution in [1.82, 2.24) is 4.98 Å². The normalized spacial score (nSPS) is 10.3. The van der Waals surface area contributed by atoms with E-state index in [1.54, 1.807) is 0 Å². The first-order valence-corrected chi connectivity index (χ1v) is 5.97. The van der Waals surface area contributed by atoms with Gasteiger partial charge in [0.2, 0.25) is 0 Å². The van der Waals surface area contributed by atoms with Crippen molar-refractivity contribution in [2.24, 2.45) is 0 Å². The summed E-state index contributed by atoms with van der Waals surface area (Å²) < 4.78 is 0. The average molecular weight is 227 g/mol. The van der Waals surface area contributed by atoms with Gasteiger partial charge in [0, 0.05) is 25.7 Å². The molecule has 1 aromatic rings. The van der Waals surface area contributed by atoms with Gasteiger partial charge in [0.05, 0.1) is 0 Å². The lowest BCUT2D eigenvalue weighted by atomic mass is 10.2. The topological polar surface area (TPSA) is 16.1 Å². The van der Waals surface area contributed by atoms with Gasteiger partial charge in [0.15, 0.2) is 0 Å². The minimum absolute atomic E-state index is 0.770. The number of unbranched alkanes of at least 4 members (excludes halogenated alkanes) is 2. The maximum absolute atomic E-state index is 5.63. The molecule has 0 saturated heterocycles. The summed E-state index contributed by atoms with van der Waals surface area (Å²) in [5.41, 5.74) is 1.20. The number of halogens is 1. The number of hydrogen-bond acceptors (Lipinski definition) is 2. The first kappa shape index (κ1) is 12.3. The largest absolute Gasteiger partial charge is 0.360 e. The van der Waals surface area contributed by atoms with Crippen molar-refractivity contribution in [2.45, 2.75) is 26.2 Å². The minimum atomic E-state index is 0.770. The van der Waals surface area contributed by atoms with Crippen LogP contribution in [0.1, 0.15) is 24.8 Å². The monoisotopic (exact) mass is 226 g/mol. The van der Waals surface area contributed by atoms with Gasteiger partial charge in [-0.25, -0.2) is 4.98 Å². The van der Waals surface area contributed by atoms with Gasteiger partial charge < -0.3 is 4.90 Å². The number of alkyl halides is 1. The molecule has 0 spiro atoms. The summed E-state index contributed by atoms with van der Waals surface area (Å²) in [5, 5.41) is 0. The number of aromatic nitrogens is 1. The number of hydrogen-bond donors (Lipinski definition) is 0. The van der Waals surface area contributed by atoms with Crippen LogP contribution >= 0.6 is 11.6 Å². The molecular weight excluding hydrogens is 208 g/mol. The lowest BCUT2D eigenvalue weighted by molar-refractivity contribution is 0.704. The van der Waals surface area contributed by atoms with Crippen LogP contribution in [0.2, 0.25) is 0 Å². The fraction of sp³-hybridized carbons (Fsp3) is 0.583. The summed E-state index contributed by atoms with van der Waals surface area (Å²) in [6, 6.07) is 4.16. The molecule has 0 radical (unpaired) electrons. The molecule has 0 aromatic carbocycles. The zero-order valence-corrected chi connectivity index (χ0v) is 10.3. The lowest BCUT2D eigenvalue weighted by Gasteiger charge is -2.17. The molecule has 0 aliphatic carbocycles. The fourth-order valence-electron chi connectivity index (χ4n) is 1.42. The van der Waals surface area contributed by atoms with E-state index in [-0.39, 0.29) is 0 Å². The highest BCUT2D eigenvalue weighted by Gasteiger charge is 2.00. The molecule has 0 bridgehead atoms. The third-order valence-electron chi connectivity index (χ3n) is 2.41. The Morgan fingerprint density at radius 3 is 2.67 bits per heavy atom. The Hall–Kier alpha value is -0.760. The number of pyridine rings is 1. The molecule has 0 amide bonds. The Balaban J connectivity index is 2.33. The second-order valence-electron chi connectivity index (χ2n) is 3.86. The van der Waals surface area contributed by atoms with E-state index < -0.39 is 0 Å². The van der Waals surface area contributed by atoms with E-state index in [4.69, 9.17) is 11.6 Å². The van der Waals surface area contributed by atoms with Gasteiger partial charge in [-0.15, -0.1) is 11.6 Å². The molecule has 0 unspecified atom stereocenters. The van der Waals surface area contributed by atoms with Crippen molar-refractivity contribution < 1.29 is 0 Å². The Kier molecular flexibility index (Phi) is 5.48. The zero-order chi connectivity index (χ0) is 11.1. The number of rotatable bonds is 6. The predicted octanol–water partition coefficient (Wildman–Crippen LogP) is 3.24. The fourth-order valence-corrected chi connectivity index (χ4v) is 1.61. The molecular formula is C12H19ClN2. The third kappa shape index (κ3) is 4.52. The summed E-state index contributed by atoms with van der Waals surface area (Å²) >= 11 is 5.63. The highest BCUT2D eigenvalue weighted by Crippen LogP contribution is 2.10. The molecule has 0 N–H and O–H groups in total. The lowest BCUT2D eigenvalue weighted by Crippen LogP contribution is -2.19. The average Bonchev–Trinajstić information content (AvgIpc) is 2.25. The van der Waals surface area contributed by atoms with Gasteiger partial charge in [0.1, 0.15) is 5.82 Å². The molecule has 2 nitrogen and oxygen atoms in total. The Morgan fingerprint density at radius 1 is 1.27 bits per heavy atom. The van der Waals surface area contributed by atoms with Crippen LogP contribution in [0.5, 0.6) is 0 Å². The van der Waals surface area contributed by atoms with Crippen LogP contribution < -0.4 is 4.90 Å². The van der Waals surface area contributed by atoms with Crippen molar-refractivity contribution in [3.8, 4) is 0 Å². The van der Waals surface area contributed by atoms with E-state index in [0.717, 1.165) is 24.7 Å². The molecule has 0 fully saturated rings. The first-order chi connectivity index (χ1) is 7.24. The van der Waals surface area contributed by atoms with E-state index in [1.807, 2.05) is 6.20 Å². The van der Waals surface area contributed by atoms with Crippen LogP contribution in [0.4, 0.5) is 5.82 Å². The maximum Gasteiger partial charge on any atom is 0.128 e. The van der Waals surface area contributed by atoms with Crippen LogP contribution in [-0.2, 0) is 0 Å². The molecule has 1 heterocycles. The number of nitrogens with zero attached hydrogens (tertiary/aromatic N) is 2. The van der Waals surface area contributed by atoms with Gasteiger partial charge in [-0.3, -0.25) is 0 Å². The van der Waals surface area contributed by atoms with E-state index >= 15 is 0 Å². The highest BCUT2D eigenvalue weighted by atomic mass is 35.5. The van der Waals surface area contributed by atoms with Crippen molar-refractivity contribution in [3.05, 3.63) is 23.9 Å². The molecule has 3 heteroatoms. The molecule has 0 atom stereocenters. The molecule has 1 aromatic heterocycles. The Labute approximate surface area is 97.3 Å². The van der Waals surface area contributed by atoms with Gasteiger partial charge in [-0.05, 0) is 31.4 Å².